The van der Waals surface area contributed by atoms with Gasteiger partial charge < -0.3 is 5.11 Å². The van der Waals surface area contributed by atoms with Gasteiger partial charge in [0, 0.05) is 0 Å². The summed E-state index contributed by atoms with van der Waals surface area (Å²) in [6.45, 7) is 7.67. The van der Waals surface area contributed by atoms with E-state index >= 15 is 0 Å². The first kappa shape index (κ1) is 11.8. The summed E-state index contributed by atoms with van der Waals surface area (Å²) in [5.41, 5.74) is 0. The average molecular weight is 195 g/mol. The van der Waals surface area contributed by atoms with Crippen LogP contribution in [0, 0.1) is 0 Å². The van der Waals surface area contributed by atoms with E-state index in [-0.39, 0.29) is 4.83 Å². The smallest absolute Gasteiger partial charge is 0.101 e. The molecule has 0 bridgehead atoms. The molecule has 9 heavy (non-hydrogen) atoms. The predicted octanol–water partition coefficient (Wildman–Crippen LogP) is 3.26. The molecule has 0 fully saturated rings. The Kier molecular flexibility index (Phi) is 10.5. The minimum atomic E-state index is 0.0949. The largest absolute Gasteiger partial charge is 0.511 e. The van der Waals surface area contributed by atoms with Crippen molar-refractivity contribution in [2.45, 2.75) is 32.5 Å². The zero-order valence-corrected chi connectivity index (χ0v) is 8.07. The van der Waals surface area contributed by atoms with Crippen molar-refractivity contribution >= 4 is 15.9 Å². The van der Waals surface area contributed by atoms with Gasteiger partial charge in [-0.25, -0.2) is 0 Å². The first-order chi connectivity index (χ1) is 4.18. The van der Waals surface area contributed by atoms with Gasteiger partial charge in [0.15, 0.2) is 0 Å². The second-order valence-electron chi connectivity index (χ2n) is 1.33. The number of alkyl halides is 1. The van der Waals surface area contributed by atoms with Crippen molar-refractivity contribution in [1.29, 1.82) is 0 Å². The molecule has 0 aliphatic heterocycles. The van der Waals surface area contributed by atoms with Crippen LogP contribution in [-0.4, -0.2) is 9.93 Å². The monoisotopic (exact) mass is 194 g/mol. The number of hydrogen-bond acceptors (Lipinski definition) is 1. The highest BCUT2D eigenvalue weighted by Gasteiger charge is 1.96. The molecular weight excluding hydrogens is 180 g/mol. The number of allylic oxidation sites excluding steroid dienone is 2. The minimum Gasteiger partial charge on any atom is -0.511 e. The van der Waals surface area contributed by atoms with E-state index in [0.29, 0.717) is 5.76 Å². The summed E-state index contributed by atoms with van der Waals surface area (Å²) in [5.74, 6) is 0.389. The number of halogens is 1. The summed E-state index contributed by atoms with van der Waals surface area (Å²) < 4.78 is 0. The van der Waals surface area contributed by atoms with Gasteiger partial charge in [0.2, 0.25) is 0 Å². The maximum atomic E-state index is 8.75. The third kappa shape index (κ3) is 8.02. The molecule has 1 atom stereocenters. The van der Waals surface area contributed by atoms with Gasteiger partial charge in [-0.3, -0.25) is 0 Å². The summed E-state index contributed by atoms with van der Waals surface area (Å²) in [5, 5.41) is 8.75. The van der Waals surface area contributed by atoms with Crippen LogP contribution in [0.5, 0.6) is 0 Å². The number of rotatable bonds is 1. The van der Waals surface area contributed by atoms with E-state index in [1.54, 1.807) is 13.0 Å². The standard InChI is InChI=1S/C5H9BrO.C2H6/c1-3-5(7)4(2)6;1-2/h3-4,7H,1-2H3;1-2H3/b5-3-;. The first-order valence-electron chi connectivity index (χ1n) is 3.17. The van der Waals surface area contributed by atoms with Gasteiger partial charge in [-0.1, -0.05) is 29.8 Å². The molecule has 0 aromatic carbocycles. The first-order valence-corrected chi connectivity index (χ1v) is 4.09. The van der Waals surface area contributed by atoms with Crippen molar-refractivity contribution < 1.29 is 5.11 Å². The molecule has 0 aliphatic rings. The van der Waals surface area contributed by atoms with Gasteiger partial charge in [-0.2, -0.15) is 0 Å². The maximum Gasteiger partial charge on any atom is 0.101 e. The van der Waals surface area contributed by atoms with Crippen molar-refractivity contribution in [3.8, 4) is 0 Å². The fourth-order valence-electron chi connectivity index (χ4n) is 0.230. The Balaban J connectivity index is 0. The zero-order chi connectivity index (χ0) is 7.86. The van der Waals surface area contributed by atoms with Gasteiger partial charge >= 0.3 is 0 Å². The summed E-state index contributed by atoms with van der Waals surface area (Å²) >= 11 is 3.18. The minimum absolute atomic E-state index is 0.0949. The molecule has 1 unspecified atom stereocenters. The van der Waals surface area contributed by atoms with E-state index < -0.39 is 0 Å². The molecule has 0 amide bonds. The highest BCUT2D eigenvalue weighted by atomic mass is 79.9. The van der Waals surface area contributed by atoms with Gasteiger partial charge in [-0.05, 0) is 19.9 Å². The van der Waals surface area contributed by atoms with Crippen LogP contribution in [0.1, 0.15) is 27.7 Å². The van der Waals surface area contributed by atoms with Gasteiger partial charge in [0.25, 0.3) is 0 Å². The third-order valence-electron chi connectivity index (χ3n) is 0.703. The van der Waals surface area contributed by atoms with Gasteiger partial charge in [-0.15, -0.1) is 0 Å². The predicted molar refractivity (Wildman–Crippen MR) is 46.1 cm³/mol. The van der Waals surface area contributed by atoms with Crippen molar-refractivity contribution in [3.63, 3.8) is 0 Å². The van der Waals surface area contributed by atoms with Crippen LogP contribution in [0.4, 0.5) is 0 Å². The summed E-state index contributed by atoms with van der Waals surface area (Å²) in [6, 6.07) is 0. The Morgan fingerprint density at radius 2 is 1.89 bits per heavy atom. The second-order valence-corrected chi connectivity index (χ2v) is 2.70. The van der Waals surface area contributed by atoms with Crippen molar-refractivity contribution in [1.82, 2.24) is 0 Å². The lowest BCUT2D eigenvalue weighted by atomic mass is 10.4. The molecule has 0 aromatic rings. The van der Waals surface area contributed by atoms with Crippen LogP contribution in [0.25, 0.3) is 0 Å². The van der Waals surface area contributed by atoms with Crippen molar-refractivity contribution in [2.75, 3.05) is 0 Å². The van der Waals surface area contributed by atoms with Gasteiger partial charge in [0.1, 0.15) is 5.76 Å². The Labute approximate surface area is 65.9 Å². The summed E-state index contributed by atoms with van der Waals surface area (Å²) in [7, 11) is 0. The fraction of sp³-hybridized carbons (Fsp3) is 0.714. The number of hydrogen-bond donors (Lipinski definition) is 1. The molecule has 56 valence electrons. The lowest BCUT2D eigenvalue weighted by molar-refractivity contribution is 0.399. The van der Waals surface area contributed by atoms with E-state index in [9.17, 15) is 0 Å². The molecule has 0 spiro atoms. The average Bonchev–Trinajstić information content (AvgIpc) is 1.91. The van der Waals surface area contributed by atoms with Crippen molar-refractivity contribution in [3.05, 3.63) is 11.8 Å². The Morgan fingerprint density at radius 1 is 1.56 bits per heavy atom. The zero-order valence-electron chi connectivity index (χ0n) is 6.48. The Morgan fingerprint density at radius 3 is 1.89 bits per heavy atom. The van der Waals surface area contributed by atoms with E-state index in [2.05, 4.69) is 15.9 Å². The van der Waals surface area contributed by atoms with Crippen LogP contribution >= 0.6 is 15.9 Å². The van der Waals surface area contributed by atoms with Crippen LogP contribution in [0.2, 0.25) is 0 Å². The van der Waals surface area contributed by atoms with Crippen LogP contribution < -0.4 is 0 Å². The SMILES string of the molecule is C/C=C(\O)C(C)Br.CC. The Bertz CT molecular complexity index is 77.0. The summed E-state index contributed by atoms with van der Waals surface area (Å²) in [4.78, 5) is 0.0949. The molecular formula is C7H15BrO. The molecule has 1 nitrogen and oxygen atoms in total. The fourth-order valence-corrected chi connectivity index (χ4v) is 0.494. The Hall–Kier alpha value is 0.0200. The van der Waals surface area contributed by atoms with Gasteiger partial charge in [0.05, 0.1) is 4.83 Å². The molecule has 0 aliphatic carbocycles. The molecule has 1 N–H and O–H groups in total. The van der Waals surface area contributed by atoms with E-state index in [4.69, 9.17) is 5.11 Å². The maximum absolute atomic E-state index is 8.75. The number of aliphatic hydroxyl groups excluding tert-OH is 1. The van der Waals surface area contributed by atoms with Crippen LogP contribution in [0.3, 0.4) is 0 Å². The van der Waals surface area contributed by atoms with E-state index in [1.807, 2.05) is 20.8 Å². The quantitative estimate of drug-likeness (QED) is 0.502. The number of aliphatic hydroxyl groups is 1. The normalized spacial score (nSPS) is 13.7. The lowest BCUT2D eigenvalue weighted by Gasteiger charge is -1.96. The molecule has 0 saturated carbocycles. The molecule has 0 rings (SSSR count). The molecule has 0 saturated heterocycles. The van der Waals surface area contributed by atoms with E-state index in [0.717, 1.165) is 0 Å². The van der Waals surface area contributed by atoms with Crippen LogP contribution in [-0.2, 0) is 0 Å². The van der Waals surface area contributed by atoms with Crippen LogP contribution in [0.15, 0.2) is 11.8 Å². The summed E-state index contributed by atoms with van der Waals surface area (Å²) in [6.07, 6.45) is 1.67. The second kappa shape index (κ2) is 8.02. The van der Waals surface area contributed by atoms with Crippen molar-refractivity contribution in [2.24, 2.45) is 0 Å². The highest BCUT2D eigenvalue weighted by Crippen LogP contribution is 2.06. The molecule has 0 heterocycles. The topological polar surface area (TPSA) is 20.2 Å². The third-order valence-corrected chi connectivity index (χ3v) is 1.17. The highest BCUT2D eigenvalue weighted by molar-refractivity contribution is 9.09. The molecule has 0 radical (unpaired) electrons. The molecule has 0 aromatic heterocycles. The lowest BCUT2D eigenvalue weighted by Crippen LogP contribution is -1.92. The van der Waals surface area contributed by atoms with E-state index in [1.165, 1.54) is 0 Å². The molecule has 2 heteroatoms.